The average molecular weight is 367 g/mol. The van der Waals surface area contributed by atoms with E-state index in [-0.39, 0.29) is 25.0 Å². The second kappa shape index (κ2) is 6.75. The second-order valence-electron chi connectivity index (χ2n) is 6.28. The van der Waals surface area contributed by atoms with E-state index in [0.29, 0.717) is 22.6 Å². The number of para-hydroxylation sites is 2. The van der Waals surface area contributed by atoms with Gasteiger partial charge in [-0.25, -0.2) is 4.79 Å². The number of carbonyl (C=O) groups is 3. The molecular formula is C20H17NO6. The van der Waals surface area contributed by atoms with E-state index in [1.54, 1.807) is 49.4 Å². The van der Waals surface area contributed by atoms with Gasteiger partial charge in [0.05, 0.1) is 17.7 Å². The molecule has 2 aromatic rings. The van der Waals surface area contributed by atoms with Crippen LogP contribution in [-0.2, 0) is 9.53 Å². The molecule has 7 heteroatoms. The Morgan fingerprint density at radius 3 is 2.15 bits per heavy atom. The molecule has 7 nitrogen and oxygen atoms in total. The van der Waals surface area contributed by atoms with E-state index in [2.05, 4.69) is 0 Å². The van der Waals surface area contributed by atoms with Crippen LogP contribution in [0.3, 0.4) is 0 Å². The van der Waals surface area contributed by atoms with Gasteiger partial charge in [0.2, 0.25) is 6.10 Å². The number of amides is 2. The highest BCUT2D eigenvalue weighted by Gasteiger charge is 2.37. The molecule has 2 atom stereocenters. The highest BCUT2D eigenvalue weighted by molar-refractivity contribution is 6.21. The predicted molar refractivity (Wildman–Crippen MR) is 93.7 cm³/mol. The van der Waals surface area contributed by atoms with Crippen molar-refractivity contribution in [1.82, 2.24) is 4.90 Å². The molecule has 0 spiro atoms. The Hall–Kier alpha value is -3.35. The molecule has 0 aliphatic carbocycles. The molecule has 2 amide bonds. The second-order valence-corrected chi connectivity index (χ2v) is 6.28. The minimum Gasteiger partial charge on any atom is -0.482 e. The zero-order chi connectivity index (χ0) is 19.0. The minimum absolute atomic E-state index is 0.0172. The average Bonchev–Trinajstić information content (AvgIpc) is 2.92. The lowest BCUT2D eigenvalue weighted by atomic mass is 10.1. The van der Waals surface area contributed by atoms with Crippen LogP contribution in [0.5, 0.6) is 11.5 Å². The maximum Gasteiger partial charge on any atom is 0.351 e. The quantitative estimate of drug-likeness (QED) is 0.608. The molecule has 2 aromatic carbocycles. The molecule has 138 valence electrons. The molecule has 0 saturated carbocycles. The number of hydrogen-bond donors (Lipinski definition) is 0. The van der Waals surface area contributed by atoms with E-state index >= 15 is 0 Å². The van der Waals surface area contributed by atoms with Gasteiger partial charge in [-0.3, -0.25) is 14.5 Å². The first-order valence-corrected chi connectivity index (χ1v) is 8.60. The fraction of sp³-hybridized carbons (Fsp3) is 0.250. The predicted octanol–water partition coefficient (Wildman–Crippen LogP) is 2.05. The van der Waals surface area contributed by atoms with E-state index in [1.165, 1.54) is 0 Å². The fourth-order valence-electron chi connectivity index (χ4n) is 3.14. The molecule has 2 aliphatic rings. The molecular weight excluding hydrogens is 350 g/mol. The monoisotopic (exact) mass is 367 g/mol. The van der Waals surface area contributed by atoms with Crippen molar-refractivity contribution >= 4 is 17.8 Å². The van der Waals surface area contributed by atoms with E-state index in [0.717, 1.165) is 4.90 Å². The van der Waals surface area contributed by atoms with Crippen LogP contribution in [0.15, 0.2) is 48.5 Å². The fourth-order valence-corrected chi connectivity index (χ4v) is 3.14. The lowest BCUT2D eigenvalue weighted by Crippen LogP contribution is -2.45. The normalized spacial score (nSPS) is 20.4. The standard InChI is InChI=1S/C20H17NO6/c1-12-17(27-16-9-5-4-8-15(16)26-12)20(24)25-11-10-21-18(22)13-6-2-3-7-14(13)19(21)23/h2-9,12,17H,10-11H2,1H3. The molecule has 0 fully saturated rings. The van der Waals surface area contributed by atoms with Gasteiger partial charge in [0.15, 0.2) is 11.5 Å². The third kappa shape index (κ3) is 3.01. The van der Waals surface area contributed by atoms with Gasteiger partial charge in [-0.05, 0) is 31.2 Å². The van der Waals surface area contributed by atoms with E-state index in [4.69, 9.17) is 14.2 Å². The van der Waals surface area contributed by atoms with Crippen molar-refractivity contribution in [3.63, 3.8) is 0 Å². The number of benzene rings is 2. The first-order valence-electron chi connectivity index (χ1n) is 8.60. The van der Waals surface area contributed by atoms with Crippen LogP contribution in [-0.4, -0.2) is 48.0 Å². The summed E-state index contributed by atoms with van der Waals surface area (Å²) in [6, 6.07) is 13.7. The Kier molecular flexibility index (Phi) is 4.27. The van der Waals surface area contributed by atoms with Crippen LogP contribution < -0.4 is 9.47 Å². The summed E-state index contributed by atoms with van der Waals surface area (Å²) in [4.78, 5) is 38.0. The maximum absolute atomic E-state index is 12.4. The van der Waals surface area contributed by atoms with Crippen LogP contribution in [0.25, 0.3) is 0 Å². The van der Waals surface area contributed by atoms with Crippen LogP contribution in [0.4, 0.5) is 0 Å². The molecule has 2 unspecified atom stereocenters. The highest BCUT2D eigenvalue weighted by atomic mass is 16.6. The van der Waals surface area contributed by atoms with E-state index in [9.17, 15) is 14.4 Å². The highest BCUT2D eigenvalue weighted by Crippen LogP contribution is 2.33. The maximum atomic E-state index is 12.4. The molecule has 0 N–H and O–H groups in total. The summed E-state index contributed by atoms with van der Waals surface area (Å²) in [6.07, 6.45) is -1.44. The van der Waals surface area contributed by atoms with Crippen molar-refractivity contribution in [3.8, 4) is 11.5 Å². The lowest BCUT2D eigenvalue weighted by molar-refractivity contribution is -0.157. The van der Waals surface area contributed by atoms with Gasteiger partial charge in [0, 0.05) is 0 Å². The Bertz CT molecular complexity index is 889. The van der Waals surface area contributed by atoms with Gasteiger partial charge in [-0.1, -0.05) is 24.3 Å². The summed E-state index contributed by atoms with van der Waals surface area (Å²) in [5, 5.41) is 0. The van der Waals surface area contributed by atoms with Gasteiger partial charge in [-0.2, -0.15) is 0 Å². The first-order chi connectivity index (χ1) is 13.1. The third-order valence-corrected chi connectivity index (χ3v) is 4.51. The topological polar surface area (TPSA) is 82.1 Å². The van der Waals surface area contributed by atoms with Crippen molar-refractivity contribution in [3.05, 3.63) is 59.7 Å². The third-order valence-electron chi connectivity index (χ3n) is 4.51. The molecule has 0 bridgehead atoms. The van der Waals surface area contributed by atoms with Gasteiger partial charge in [-0.15, -0.1) is 0 Å². The number of hydrogen-bond acceptors (Lipinski definition) is 6. The molecule has 27 heavy (non-hydrogen) atoms. The lowest BCUT2D eigenvalue weighted by Gasteiger charge is -2.30. The van der Waals surface area contributed by atoms with Crippen LogP contribution in [0.1, 0.15) is 27.6 Å². The molecule has 4 rings (SSSR count). The SMILES string of the molecule is CC1Oc2ccccc2OC1C(=O)OCCN1C(=O)c2ccccc2C1=O. The summed E-state index contributed by atoms with van der Waals surface area (Å²) < 4.78 is 16.6. The number of ether oxygens (including phenoxy) is 3. The zero-order valence-electron chi connectivity index (χ0n) is 14.6. The summed E-state index contributed by atoms with van der Waals surface area (Å²) in [6.45, 7) is 1.58. The van der Waals surface area contributed by atoms with Crippen molar-refractivity contribution in [2.24, 2.45) is 0 Å². The largest absolute Gasteiger partial charge is 0.482 e. The summed E-state index contributed by atoms with van der Waals surface area (Å²) >= 11 is 0. The molecule has 0 radical (unpaired) electrons. The summed E-state index contributed by atoms with van der Waals surface area (Å²) in [5.41, 5.74) is 0.728. The van der Waals surface area contributed by atoms with E-state index in [1.807, 2.05) is 6.07 Å². The first kappa shape index (κ1) is 17.1. The van der Waals surface area contributed by atoms with Gasteiger partial charge in [0.25, 0.3) is 11.8 Å². The zero-order valence-corrected chi connectivity index (χ0v) is 14.6. The van der Waals surface area contributed by atoms with Gasteiger partial charge >= 0.3 is 5.97 Å². The minimum atomic E-state index is -0.915. The molecule has 2 aliphatic heterocycles. The Labute approximate surface area is 155 Å². The Balaban J connectivity index is 1.36. The smallest absolute Gasteiger partial charge is 0.351 e. The van der Waals surface area contributed by atoms with Crippen molar-refractivity contribution in [2.45, 2.75) is 19.1 Å². The number of esters is 1. The molecule has 0 aromatic heterocycles. The number of nitrogens with zero attached hydrogens (tertiary/aromatic N) is 1. The van der Waals surface area contributed by atoms with Crippen LogP contribution in [0.2, 0.25) is 0 Å². The van der Waals surface area contributed by atoms with Crippen molar-refractivity contribution in [2.75, 3.05) is 13.2 Å². The van der Waals surface area contributed by atoms with E-state index < -0.39 is 18.2 Å². The van der Waals surface area contributed by atoms with Gasteiger partial charge < -0.3 is 14.2 Å². The van der Waals surface area contributed by atoms with Crippen molar-refractivity contribution < 1.29 is 28.6 Å². The van der Waals surface area contributed by atoms with Crippen molar-refractivity contribution in [1.29, 1.82) is 0 Å². The Morgan fingerprint density at radius 2 is 1.52 bits per heavy atom. The van der Waals surface area contributed by atoms with Crippen LogP contribution in [0, 0.1) is 0 Å². The molecule has 0 saturated heterocycles. The Morgan fingerprint density at radius 1 is 0.963 bits per heavy atom. The summed E-state index contributed by atoms with van der Waals surface area (Å²) in [7, 11) is 0. The number of imide groups is 1. The summed E-state index contributed by atoms with van der Waals surface area (Å²) in [5.74, 6) is -0.330. The number of rotatable bonds is 4. The molecule has 2 heterocycles. The van der Waals surface area contributed by atoms with Crippen LogP contribution >= 0.6 is 0 Å². The number of carbonyl (C=O) groups excluding carboxylic acids is 3. The number of fused-ring (bicyclic) bond motifs is 2. The van der Waals surface area contributed by atoms with Gasteiger partial charge in [0.1, 0.15) is 12.7 Å².